The number of terminal acetylenes is 1. The van der Waals surface area contributed by atoms with E-state index < -0.39 is 0 Å². The molecule has 0 aromatic rings. The maximum absolute atomic E-state index is 5.39. The molecule has 2 atom stereocenters. The first kappa shape index (κ1) is 18.5. The van der Waals surface area contributed by atoms with Crippen LogP contribution in [-0.4, -0.2) is 36.1 Å². The maximum atomic E-state index is 5.39. The Hall–Kier alpha value is -0.520. The molecule has 0 fully saturated rings. The third-order valence-electron chi connectivity index (χ3n) is 4.41. The highest BCUT2D eigenvalue weighted by Crippen LogP contribution is 2.26. The van der Waals surface area contributed by atoms with Gasteiger partial charge in [0.2, 0.25) is 0 Å². The molecule has 0 aromatic heterocycles. The second kappa shape index (κ2) is 10.3. The van der Waals surface area contributed by atoms with Gasteiger partial charge in [0.25, 0.3) is 0 Å². The van der Waals surface area contributed by atoms with Crippen molar-refractivity contribution in [3.05, 3.63) is 0 Å². The van der Waals surface area contributed by atoms with Gasteiger partial charge in [-0.3, -0.25) is 4.90 Å². The Morgan fingerprint density at radius 2 is 1.84 bits per heavy atom. The monoisotopic (exact) mass is 266 g/mol. The van der Waals surface area contributed by atoms with Crippen LogP contribution in [0.1, 0.15) is 66.7 Å². The molecule has 0 rings (SSSR count). The van der Waals surface area contributed by atoms with Gasteiger partial charge in [-0.2, -0.15) is 0 Å². The molecule has 0 aromatic carbocycles. The molecule has 0 aliphatic heterocycles. The van der Waals surface area contributed by atoms with E-state index in [1.165, 1.54) is 19.3 Å². The molecule has 2 heteroatoms. The lowest BCUT2D eigenvalue weighted by Crippen LogP contribution is -2.59. The maximum Gasteiger partial charge on any atom is 0.0331 e. The van der Waals surface area contributed by atoms with Crippen molar-refractivity contribution in [2.45, 2.75) is 78.3 Å². The third kappa shape index (κ3) is 5.55. The number of rotatable bonds is 11. The Labute approximate surface area is 121 Å². The van der Waals surface area contributed by atoms with E-state index in [9.17, 15) is 0 Å². The number of likely N-dealkylation sites (N-methyl/N-ethyl adjacent to an activating group) is 1. The van der Waals surface area contributed by atoms with Crippen LogP contribution in [0.3, 0.4) is 0 Å². The summed E-state index contributed by atoms with van der Waals surface area (Å²) in [6.07, 6.45) is 10.9. The lowest BCUT2D eigenvalue weighted by atomic mass is 9.84. The fourth-order valence-corrected chi connectivity index (χ4v) is 3.00. The van der Waals surface area contributed by atoms with Crippen LogP contribution in [0.2, 0.25) is 0 Å². The van der Waals surface area contributed by atoms with Crippen LogP contribution < -0.4 is 5.32 Å². The molecule has 19 heavy (non-hydrogen) atoms. The third-order valence-corrected chi connectivity index (χ3v) is 4.41. The molecular formula is C17H34N2. The number of nitrogens with zero attached hydrogens (tertiary/aromatic N) is 1. The van der Waals surface area contributed by atoms with E-state index >= 15 is 0 Å². The number of unbranched alkanes of at least 4 members (excludes halogenated alkanes) is 1. The molecule has 0 radical (unpaired) electrons. The SMILES string of the molecule is C#CCCCC(NCCC)C(C)(CC)N(CC)CC. The molecule has 0 saturated heterocycles. The van der Waals surface area contributed by atoms with E-state index in [2.05, 4.69) is 50.8 Å². The predicted molar refractivity (Wildman–Crippen MR) is 86.4 cm³/mol. The van der Waals surface area contributed by atoms with Crippen LogP contribution in [0.5, 0.6) is 0 Å². The largest absolute Gasteiger partial charge is 0.312 e. The number of hydrogen-bond donors (Lipinski definition) is 1. The molecule has 1 N–H and O–H groups in total. The minimum absolute atomic E-state index is 0.229. The summed E-state index contributed by atoms with van der Waals surface area (Å²) in [5.74, 6) is 2.76. The summed E-state index contributed by atoms with van der Waals surface area (Å²) >= 11 is 0. The van der Waals surface area contributed by atoms with Gasteiger partial charge in [0.15, 0.2) is 0 Å². The van der Waals surface area contributed by atoms with Gasteiger partial charge in [-0.05, 0) is 52.2 Å². The van der Waals surface area contributed by atoms with Crippen LogP contribution in [0, 0.1) is 12.3 Å². The molecule has 0 aliphatic rings. The van der Waals surface area contributed by atoms with Gasteiger partial charge in [-0.15, -0.1) is 12.3 Å². The van der Waals surface area contributed by atoms with Crippen molar-refractivity contribution >= 4 is 0 Å². The fraction of sp³-hybridized carbons (Fsp3) is 0.882. The summed E-state index contributed by atoms with van der Waals surface area (Å²) in [4.78, 5) is 2.59. The summed E-state index contributed by atoms with van der Waals surface area (Å²) in [6.45, 7) is 14.8. The van der Waals surface area contributed by atoms with Crippen LogP contribution in [0.25, 0.3) is 0 Å². The average Bonchev–Trinajstić information content (AvgIpc) is 2.43. The second-order valence-corrected chi connectivity index (χ2v) is 5.49. The lowest BCUT2D eigenvalue weighted by Gasteiger charge is -2.46. The van der Waals surface area contributed by atoms with E-state index in [1.807, 2.05) is 0 Å². The Bertz CT molecular complexity index is 252. The van der Waals surface area contributed by atoms with Gasteiger partial charge in [-0.1, -0.05) is 27.7 Å². The smallest absolute Gasteiger partial charge is 0.0331 e. The topological polar surface area (TPSA) is 15.3 Å². The first-order valence-electron chi connectivity index (χ1n) is 8.02. The molecule has 2 nitrogen and oxygen atoms in total. The normalized spacial score (nSPS) is 16.1. The van der Waals surface area contributed by atoms with Crippen molar-refractivity contribution < 1.29 is 0 Å². The van der Waals surface area contributed by atoms with E-state index in [4.69, 9.17) is 6.42 Å². The Kier molecular flexibility index (Phi) is 10.0. The van der Waals surface area contributed by atoms with Gasteiger partial charge < -0.3 is 5.32 Å². The fourth-order valence-electron chi connectivity index (χ4n) is 3.00. The molecular weight excluding hydrogens is 232 g/mol. The number of hydrogen-bond acceptors (Lipinski definition) is 2. The van der Waals surface area contributed by atoms with Crippen molar-refractivity contribution in [3.8, 4) is 12.3 Å². The van der Waals surface area contributed by atoms with E-state index in [0.717, 1.165) is 32.5 Å². The van der Waals surface area contributed by atoms with Crippen LogP contribution in [0.15, 0.2) is 0 Å². The standard InChI is InChI=1S/C17H34N2/c1-7-12-13-14-16(18-15-8-2)17(6,9-3)19(10-4)11-5/h1,16,18H,8-15H2,2-6H3. The zero-order valence-corrected chi connectivity index (χ0v) is 13.8. The molecule has 0 aliphatic carbocycles. The average molecular weight is 266 g/mol. The van der Waals surface area contributed by atoms with Crippen LogP contribution in [0.4, 0.5) is 0 Å². The van der Waals surface area contributed by atoms with Crippen LogP contribution >= 0.6 is 0 Å². The molecule has 0 saturated carbocycles. The molecule has 0 spiro atoms. The van der Waals surface area contributed by atoms with Gasteiger partial charge in [0, 0.05) is 18.0 Å². The minimum atomic E-state index is 0.229. The first-order chi connectivity index (χ1) is 9.10. The summed E-state index contributed by atoms with van der Waals surface area (Å²) < 4.78 is 0. The molecule has 0 amide bonds. The minimum Gasteiger partial charge on any atom is -0.312 e. The van der Waals surface area contributed by atoms with Crippen molar-refractivity contribution in [1.29, 1.82) is 0 Å². The molecule has 0 heterocycles. The number of nitrogens with one attached hydrogen (secondary N) is 1. The van der Waals surface area contributed by atoms with Gasteiger partial charge >= 0.3 is 0 Å². The molecule has 0 bridgehead atoms. The van der Waals surface area contributed by atoms with Crippen molar-refractivity contribution in [2.75, 3.05) is 19.6 Å². The van der Waals surface area contributed by atoms with E-state index in [1.54, 1.807) is 0 Å². The summed E-state index contributed by atoms with van der Waals surface area (Å²) in [5.41, 5.74) is 0.229. The predicted octanol–water partition coefficient (Wildman–Crippen LogP) is 3.67. The van der Waals surface area contributed by atoms with Gasteiger partial charge in [-0.25, -0.2) is 0 Å². The quantitative estimate of drug-likeness (QED) is 0.453. The molecule has 112 valence electrons. The van der Waals surface area contributed by atoms with E-state index in [-0.39, 0.29) is 5.54 Å². The van der Waals surface area contributed by atoms with Crippen LogP contribution in [-0.2, 0) is 0 Å². The summed E-state index contributed by atoms with van der Waals surface area (Å²) in [5, 5.41) is 3.76. The van der Waals surface area contributed by atoms with E-state index in [0.29, 0.717) is 6.04 Å². The zero-order valence-electron chi connectivity index (χ0n) is 13.8. The highest BCUT2D eigenvalue weighted by Gasteiger charge is 2.35. The van der Waals surface area contributed by atoms with Crippen molar-refractivity contribution in [1.82, 2.24) is 10.2 Å². The highest BCUT2D eigenvalue weighted by molar-refractivity contribution is 4.96. The van der Waals surface area contributed by atoms with Gasteiger partial charge in [0.05, 0.1) is 0 Å². The highest BCUT2D eigenvalue weighted by atomic mass is 15.2. The lowest BCUT2D eigenvalue weighted by molar-refractivity contribution is 0.0660. The van der Waals surface area contributed by atoms with Crippen molar-refractivity contribution in [2.24, 2.45) is 0 Å². The zero-order chi connectivity index (χ0) is 14.7. The Morgan fingerprint density at radius 3 is 2.26 bits per heavy atom. The first-order valence-corrected chi connectivity index (χ1v) is 8.02. The van der Waals surface area contributed by atoms with Crippen molar-refractivity contribution in [3.63, 3.8) is 0 Å². The summed E-state index contributed by atoms with van der Waals surface area (Å²) in [7, 11) is 0. The molecule has 2 unspecified atom stereocenters. The summed E-state index contributed by atoms with van der Waals surface area (Å²) in [6, 6.07) is 0.533. The Morgan fingerprint density at radius 1 is 1.21 bits per heavy atom. The second-order valence-electron chi connectivity index (χ2n) is 5.49. The Balaban J connectivity index is 4.86. The van der Waals surface area contributed by atoms with Gasteiger partial charge in [0.1, 0.15) is 0 Å².